The first kappa shape index (κ1) is 15.0. The van der Waals surface area contributed by atoms with Gasteiger partial charge in [-0.05, 0) is 38.3 Å². The molecule has 1 aliphatic carbocycles. The fourth-order valence-electron chi connectivity index (χ4n) is 3.18. The maximum Gasteiger partial charge on any atom is 0.228 e. The van der Waals surface area contributed by atoms with E-state index in [2.05, 4.69) is 0 Å². The van der Waals surface area contributed by atoms with Crippen LogP contribution in [0.5, 0.6) is 0 Å². The maximum atomic E-state index is 12.6. The molecule has 0 aliphatic heterocycles. The van der Waals surface area contributed by atoms with Crippen molar-refractivity contribution in [3.05, 3.63) is 29.8 Å². The zero-order chi connectivity index (χ0) is 14.6. The minimum Gasteiger partial charge on any atom is -0.325 e. The first-order valence-electron chi connectivity index (χ1n) is 7.70. The molecular weight excluding hydrogens is 248 g/mol. The first-order chi connectivity index (χ1) is 9.56. The van der Waals surface area contributed by atoms with E-state index in [4.69, 9.17) is 5.73 Å². The number of carbonyl (C=O) groups is 1. The van der Waals surface area contributed by atoms with Crippen LogP contribution in [0.15, 0.2) is 24.3 Å². The summed E-state index contributed by atoms with van der Waals surface area (Å²) >= 11 is 0. The minimum atomic E-state index is -0.286. The van der Waals surface area contributed by atoms with Crippen molar-refractivity contribution in [1.29, 1.82) is 0 Å². The number of carbonyl (C=O) groups excluding carboxylic acids is 1. The highest BCUT2D eigenvalue weighted by atomic mass is 16.2. The average Bonchev–Trinajstić information content (AvgIpc) is 2.42. The standard InChI is InChI=1S/C17H26N2O/c1-3-19(15-10-6-5-9-14(15)2)16(20)13-17(18)11-7-4-8-12-17/h5-6,9-10H,3-4,7-8,11-13,18H2,1-2H3. The van der Waals surface area contributed by atoms with Gasteiger partial charge in [0.05, 0.1) is 0 Å². The van der Waals surface area contributed by atoms with Crippen molar-refractivity contribution in [3.8, 4) is 0 Å². The van der Waals surface area contributed by atoms with E-state index in [0.717, 1.165) is 36.9 Å². The summed E-state index contributed by atoms with van der Waals surface area (Å²) in [6, 6.07) is 8.05. The average molecular weight is 274 g/mol. The van der Waals surface area contributed by atoms with Gasteiger partial charge < -0.3 is 10.6 Å². The van der Waals surface area contributed by atoms with Gasteiger partial charge >= 0.3 is 0 Å². The summed E-state index contributed by atoms with van der Waals surface area (Å²) in [5, 5.41) is 0. The van der Waals surface area contributed by atoms with Crippen molar-refractivity contribution in [1.82, 2.24) is 0 Å². The second-order valence-corrected chi connectivity index (χ2v) is 6.02. The van der Waals surface area contributed by atoms with Crippen LogP contribution in [-0.4, -0.2) is 18.0 Å². The van der Waals surface area contributed by atoms with Crippen molar-refractivity contribution in [2.75, 3.05) is 11.4 Å². The number of aryl methyl sites for hydroxylation is 1. The van der Waals surface area contributed by atoms with Gasteiger partial charge in [0.2, 0.25) is 5.91 Å². The van der Waals surface area contributed by atoms with Crippen molar-refractivity contribution < 1.29 is 4.79 Å². The van der Waals surface area contributed by atoms with Gasteiger partial charge in [-0.15, -0.1) is 0 Å². The largest absolute Gasteiger partial charge is 0.325 e. The van der Waals surface area contributed by atoms with Crippen LogP contribution in [0.4, 0.5) is 5.69 Å². The predicted octanol–water partition coefficient (Wildman–Crippen LogP) is 3.40. The minimum absolute atomic E-state index is 0.159. The van der Waals surface area contributed by atoms with Gasteiger partial charge in [-0.2, -0.15) is 0 Å². The molecule has 1 amide bonds. The summed E-state index contributed by atoms with van der Waals surface area (Å²) < 4.78 is 0. The van der Waals surface area contributed by atoms with Gasteiger partial charge in [0.15, 0.2) is 0 Å². The maximum absolute atomic E-state index is 12.6. The SMILES string of the molecule is CCN(C(=O)CC1(N)CCCCC1)c1ccccc1C. The third-order valence-corrected chi connectivity index (χ3v) is 4.38. The smallest absolute Gasteiger partial charge is 0.228 e. The molecule has 0 unspecified atom stereocenters. The number of amides is 1. The monoisotopic (exact) mass is 274 g/mol. The lowest BCUT2D eigenvalue weighted by atomic mass is 9.80. The van der Waals surface area contributed by atoms with Gasteiger partial charge in [-0.3, -0.25) is 4.79 Å². The summed E-state index contributed by atoms with van der Waals surface area (Å²) in [5.74, 6) is 0.159. The third kappa shape index (κ3) is 3.40. The van der Waals surface area contributed by atoms with Crippen molar-refractivity contribution >= 4 is 11.6 Å². The molecule has 0 saturated heterocycles. The van der Waals surface area contributed by atoms with Gasteiger partial charge in [0, 0.05) is 24.2 Å². The number of benzene rings is 1. The number of para-hydroxylation sites is 1. The molecule has 3 nitrogen and oxygen atoms in total. The molecule has 1 aromatic carbocycles. The molecule has 0 aromatic heterocycles. The summed E-state index contributed by atoms with van der Waals surface area (Å²) in [6.45, 7) is 4.76. The van der Waals surface area contributed by atoms with E-state index < -0.39 is 0 Å². The Labute approximate surface area is 122 Å². The molecule has 2 rings (SSSR count). The molecule has 110 valence electrons. The molecule has 0 spiro atoms. The van der Waals surface area contributed by atoms with E-state index in [-0.39, 0.29) is 11.4 Å². The molecule has 2 N–H and O–H groups in total. The second kappa shape index (κ2) is 6.40. The van der Waals surface area contributed by atoms with Crippen LogP contribution in [-0.2, 0) is 4.79 Å². The van der Waals surface area contributed by atoms with Gasteiger partial charge in [0.25, 0.3) is 0 Å². The molecule has 1 aliphatic rings. The highest BCUT2D eigenvalue weighted by Gasteiger charge is 2.32. The van der Waals surface area contributed by atoms with E-state index in [9.17, 15) is 4.79 Å². The van der Waals surface area contributed by atoms with E-state index in [0.29, 0.717) is 13.0 Å². The van der Waals surface area contributed by atoms with Gasteiger partial charge in [0.1, 0.15) is 0 Å². The van der Waals surface area contributed by atoms with Gasteiger partial charge in [-0.25, -0.2) is 0 Å². The Bertz CT molecular complexity index is 464. The van der Waals surface area contributed by atoms with Crippen LogP contribution in [0.3, 0.4) is 0 Å². The Kier molecular flexibility index (Phi) is 4.81. The number of rotatable bonds is 4. The summed E-state index contributed by atoms with van der Waals surface area (Å²) in [7, 11) is 0. The van der Waals surface area contributed by atoms with Crippen LogP contribution < -0.4 is 10.6 Å². The normalized spacial score (nSPS) is 17.8. The molecular formula is C17H26N2O. The van der Waals surface area contributed by atoms with E-state index in [1.807, 2.05) is 43.0 Å². The quantitative estimate of drug-likeness (QED) is 0.914. The lowest BCUT2D eigenvalue weighted by molar-refractivity contribution is -0.120. The Morgan fingerprint density at radius 3 is 2.50 bits per heavy atom. The highest BCUT2D eigenvalue weighted by molar-refractivity contribution is 5.94. The molecule has 1 fully saturated rings. The molecule has 3 heteroatoms. The molecule has 1 saturated carbocycles. The molecule has 0 bridgehead atoms. The van der Waals surface area contributed by atoms with Crippen LogP contribution >= 0.6 is 0 Å². The van der Waals surface area contributed by atoms with Gasteiger partial charge in [-0.1, -0.05) is 37.5 Å². The summed E-state index contributed by atoms with van der Waals surface area (Å²) in [6.07, 6.45) is 5.98. The number of anilines is 1. The van der Waals surface area contributed by atoms with Crippen LogP contribution in [0.2, 0.25) is 0 Å². The second-order valence-electron chi connectivity index (χ2n) is 6.02. The lowest BCUT2D eigenvalue weighted by Crippen LogP contribution is -2.47. The fraction of sp³-hybridized carbons (Fsp3) is 0.588. The Hall–Kier alpha value is -1.35. The summed E-state index contributed by atoms with van der Waals surface area (Å²) in [5.41, 5.74) is 8.28. The van der Waals surface area contributed by atoms with Crippen LogP contribution in [0.1, 0.15) is 51.0 Å². The Morgan fingerprint density at radius 2 is 1.90 bits per heavy atom. The molecule has 1 aromatic rings. The van der Waals surface area contributed by atoms with Crippen molar-refractivity contribution in [2.45, 2.75) is 57.9 Å². The third-order valence-electron chi connectivity index (χ3n) is 4.38. The number of hydrogen-bond acceptors (Lipinski definition) is 2. The van der Waals surface area contributed by atoms with Crippen LogP contribution in [0, 0.1) is 6.92 Å². The zero-order valence-corrected chi connectivity index (χ0v) is 12.7. The molecule has 0 radical (unpaired) electrons. The van der Waals surface area contributed by atoms with E-state index >= 15 is 0 Å². The fourth-order valence-corrected chi connectivity index (χ4v) is 3.18. The van der Waals surface area contributed by atoms with Crippen molar-refractivity contribution in [2.24, 2.45) is 5.73 Å². The summed E-state index contributed by atoms with van der Waals surface area (Å²) in [4.78, 5) is 14.5. The topological polar surface area (TPSA) is 46.3 Å². The predicted molar refractivity (Wildman–Crippen MR) is 83.8 cm³/mol. The highest BCUT2D eigenvalue weighted by Crippen LogP contribution is 2.30. The van der Waals surface area contributed by atoms with Crippen LogP contribution in [0.25, 0.3) is 0 Å². The number of nitrogens with zero attached hydrogens (tertiary/aromatic N) is 1. The first-order valence-corrected chi connectivity index (χ1v) is 7.70. The number of nitrogens with two attached hydrogens (primary N) is 1. The molecule has 0 atom stereocenters. The lowest BCUT2D eigenvalue weighted by Gasteiger charge is -2.35. The Balaban J connectivity index is 2.11. The van der Waals surface area contributed by atoms with E-state index in [1.54, 1.807) is 0 Å². The Morgan fingerprint density at radius 1 is 1.25 bits per heavy atom. The number of hydrogen-bond donors (Lipinski definition) is 1. The van der Waals surface area contributed by atoms with E-state index in [1.165, 1.54) is 6.42 Å². The molecule has 20 heavy (non-hydrogen) atoms. The zero-order valence-electron chi connectivity index (χ0n) is 12.7. The van der Waals surface area contributed by atoms with Crippen molar-refractivity contribution in [3.63, 3.8) is 0 Å². The molecule has 0 heterocycles.